The number of benzene rings is 2. The van der Waals surface area contributed by atoms with E-state index in [0.717, 1.165) is 48.7 Å². The van der Waals surface area contributed by atoms with Gasteiger partial charge in [0.15, 0.2) is 5.82 Å². The number of carbonyl (C=O) groups is 1. The van der Waals surface area contributed by atoms with Crippen LogP contribution in [0.2, 0.25) is 0 Å². The van der Waals surface area contributed by atoms with Gasteiger partial charge in [-0.15, -0.1) is 0 Å². The van der Waals surface area contributed by atoms with E-state index < -0.39 is 0 Å². The van der Waals surface area contributed by atoms with Crippen LogP contribution < -0.4 is 24.8 Å². The Balaban J connectivity index is 1.43. The molecule has 35 heavy (non-hydrogen) atoms. The first-order valence-electron chi connectivity index (χ1n) is 11.9. The van der Waals surface area contributed by atoms with Gasteiger partial charge in [0.1, 0.15) is 11.4 Å². The summed E-state index contributed by atoms with van der Waals surface area (Å²) in [5.41, 5.74) is 3.55. The van der Waals surface area contributed by atoms with E-state index in [9.17, 15) is 9.90 Å². The number of rotatable bonds is 5. The number of piperidine rings is 1. The third-order valence-corrected chi connectivity index (χ3v) is 6.61. The number of aliphatic hydroxyl groups excluding tert-OH is 1. The molecule has 0 radical (unpaired) electrons. The number of aliphatic hydroxyl groups is 1. The van der Waals surface area contributed by atoms with Gasteiger partial charge in [-0.3, -0.25) is 9.69 Å². The lowest BCUT2D eigenvalue weighted by atomic mass is 10.1. The van der Waals surface area contributed by atoms with Crippen LogP contribution in [-0.4, -0.2) is 60.9 Å². The van der Waals surface area contributed by atoms with Gasteiger partial charge in [-0.25, -0.2) is 4.98 Å². The van der Waals surface area contributed by atoms with Crippen molar-refractivity contribution in [1.29, 1.82) is 0 Å². The van der Waals surface area contributed by atoms with E-state index in [1.807, 2.05) is 48.5 Å². The molecule has 0 aliphatic carbocycles. The maximum absolute atomic E-state index is 12.7. The highest BCUT2D eigenvalue weighted by Gasteiger charge is 2.27. The molecule has 1 aromatic heterocycles. The Morgan fingerprint density at radius 2 is 1.83 bits per heavy atom. The third-order valence-electron chi connectivity index (χ3n) is 6.61. The second kappa shape index (κ2) is 9.79. The molecule has 0 unspecified atom stereocenters. The summed E-state index contributed by atoms with van der Waals surface area (Å²) in [6, 6.07) is 15.9. The Morgan fingerprint density at radius 1 is 1.06 bits per heavy atom. The third kappa shape index (κ3) is 4.72. The predicted octanol–water partition coefficient (Wildman–Crippen LogP) is 3.69. The van der Waals surface area contributed by atoms with E-state index in [2.05, 4.69) is 20.1 Å². The summed E-state index contributed by atoms with van der Waals surface area (Å²) >= 11 is 0. The average molecular weight is 475 g/mol. The van der Waals surface area contributed by atoms with Crippen molar-refractivity contribution in [1.82, 2.24) is 9.97 Å². The number of amides is 1. The largest absolute Gasteiger partial charge is 0.494 e. The molecule has 1 saturated heterocycles. The molecule has 3 heterocycles. The molecule has 0 atom stereocenters. The molecule has 0 spiro atoms. The smallest absolute Gasteiger partial charge is 0.229 e. The second-order valence-corrected chi connectivity index (χ2v) is 8.82. The molecule has 1 fully saturated rings. The minimum atomic E-state index is -0.220. The highest BCUT2D eigenvalue weighted by Crippen LogP contribution is 2.37. The lowest BCUT2D eigenvalue weighted by Crippen LogP contribution is -2.35. The lowest BCUT2D eigenvalue weighted by molar-refractivity contribution is -0.118. The normalized spacial score (nSPS) is 16.7. The summed E-state index contributed by atoms with van der Waals surface area (Å²) in [5.74, 6) is 1.60. The summed E-state index contributed by atoms with van der Waals surface area (Å²) in [6.07, 6.45) is 3.44. The first-order chi connectivity index (χ1) is 17.0. The van der Waals surface area contributed by atoms with E-state index in [1.165, 1.54) is 0 Å². The quantitative estimate of drug-likeness (QED) is 0.578. The van der Waals surface area contributed by atoms with Crippen LogP contribution in [0, 0.1) is 0 Å². The Kier molecular flexibility index (Phi) is 6.41. The summed E-state index contributed by atoms with van der Waals surface area (Å²) < 4.78 is 5.65. The number of fused-ring (bicyclic) bond motifs is 1. The highest BCUT2D eigenvalue weighted by molar-refractivity contribution is 5.98. The first kappa shape index (κ1) is 22.9. The van der Waals surface area contributed by atoms with Crippen LogP contribution in [0.25, 0.3) is 0 Å². The number of nitrogens with one attached hydrogen (secondary N) is 1. The van der Waals surface area contributed by atoms with Crippen molar-refractivity contribution < 1.29 is 14.6 Å². The van der Waals surface area contributed by atoms with Crippen molar-refractivity contribution in [2.75, 3.05) is 53.8 Å². The van der Waals surface area contributed by atoms with E-state index >= 15 is 0 Å². The van der Waals surface area contributed by atoms with Gasteiger partial charge in [-0.1, -0.05) is 18.2 Å². The Morgan fingerprint density at radius 3 is 2.57 bits per heavy atom. The number of hydrogen-bond donors (Lipinski definition) is 2. The number of anilines is 6. The summed E-state index contributed by atoms with van der Waals surface area (Å²) in [5, 5.41) is 13.1. The van der Waals surface area contributed by atoms with Crippen LogP contribution in [0.4, 0.5) is 34.5 Å². The summed E-state index contributed by atoms with van der Waals surface area (Å²) in [7, 11) is 3.38. The minimum absolute atomic E-state index is 0.00270. The molecular weight excluding hydrogens is 444 g/mol. The number of ether oxygens (including phenoxy) is 1. The minimum Gasteiger partial charge on any atom is -0.494 e. The SMILES string of the molecule is COc1cc(N2CCC(O)CC2)ccc1Nc1ncc2c(n1)N(C)C(=O)CCN2c1ccccc1. The summed E-state index contributed by atoms with van der Waals surface area (Å²) in [6.45, 7) is 2.17. The Bertz CT molecular complexity index is 1200. The lowest BCUT2D eigenvalue weighted by Gasteiger charge is -2.31. The highest BCUT2D eigenvalue weighted by atomic mass is 16.5. The number of methoxy groups -OCH3 is 1. The van der Waals surface area contributed by atoms with Gasteiger partial charge in [0.05, 0.1) is 25.1 Å². The fourth-order valence-corrected chi connectivity index (χ4v) is 4.58. The van der Waals surface area contributed by atoms with E-state index in [4.69, 9.17) is 9.72 Å². The molecule has 9 heteroatoms. The maximum atomic E-state index is 12.7. The zero-order chi connectivity index (χ0) is 24.4. The number of hydrogen-bond acceptors (Lipinski definition) is 8. The van der Waals surface area contributed by atoms with Gasteiger partial charge < -0.3 is 25.0 Å². The fraction of sp³-hybridized carbons (Fsp3) is 0.346. The molecule has 2 N–H and O–H groups in total. The van der Waals surface area contributed by atoms with E-state index in [0.29, 0.717) is 30.5 Å². The number of aromatic nitrogens is 2. The molecule has 1 amide bonds. The molecule has 2 aliphatic rings. The van der Waals surface area contributed by atoms with Gasteiger partial charge in [-0.05, 0) is 37.1 Å². The Hall–Kier alpha value is -3.85. The van der Waals surface area contributed by atoms with Gasteiger partial charge in [0, 0.05) is 50.5 Å². The molecule has 9 nitrogen and oxygen atoms in total. The van der Waals surface area contributed by atoms with Gasteiger partial charge in [0.2, 0.25) is 11.9 Å². The topological polar surface area (TPSA) is 94.1 Å². The number of nitrogens with zero attached hydrogens (tertiary/aromatic N) is 5. The number of carbonyl (C=O) groups excluding carboxylic acids is 1. The molecule has 3 aromatic rings. The van der Waals surface area contributed by atoms with Crippen LogP contribution in [0.3, 0.4) is 0 Å². The van der Waals surface area contributed by atoms with Crippen LogP contribution in [0.1, 0.15) is 19.3 Å². The molecule has 2 aromatic carbocycles. The molecule has 2 aliphatic heterocycles. The van der Waals surface area contributed by atoms with E-state index in [1.54, 1.807) is 25.3 Å². The van der Waals surface area contributed by atoms with Crippen molar-refractivity contribution in [3.8, 4) is 5.75 Å². The molecular formula is C26H30N6O3. The zero-order valence-corrected chi connectivity index (χ0v) is 20.0. The predicted molar refractivity (Wildman–Crippen MR) is 137 cm³/mol. The molecule has 5 rings (SSSR count). The first-order valence-corrected chi connectivity index (χ1v) is 11.9. The van der Waals surface area contributed by atoms with Gasteiger partial charge >= 0.3 is 0 Å². The van der Waals surface area contributed by atoms with Crippen molar-refractivity contribution >= 4 is 40.4 Å². The monoisotopic (exact) mass is 474 g/mol. The molecule has 0 bridgehead atoms. The second-order valence-electron chi connectivity index (χ2n) is 8.82. The average Bonchev–Trinajstić information content (AvgIpc) is 3.01. The van der Waals surface area contributed by atoms with Gasteiger partial charge in [0.25, 0.3) is 0 Å². The molecule has 0 saturated carbocycles. The van der Waals surface area contributed by atoms with Crippen LogP contribution in [-0.2, 0) is 4.79 Å². The van der Waals surface area contributed by atoms with Crippen molar-refractivity contribution in [3.63, 3.8) is 0 Å². The van der Waals surface area contributed by atoms with Gasteiger partial charge in [-0.2, -0.15) is 4.98 Å². The number of para-hydroxylation sites is 1. The van der Waals surface area contributed by atoms with E-state index in [-0.39, 0.29) is 12.0 Å². The zero-order valence-electron chi connectivity index (χ0n) is 20.0. The van der Waals surface area contributed by atoms with Crippen molar-refractivity contribution in [2.24, 2.45) is 0 Å². The maximum Gasteiger partial charge on any atom is 0.229 e. The fourth-order valence-electron chi connectivity index (χ4n) is 4.58. The van der Waals surface area contributed by atoms with Crippen molar-refractivity contribution in [3.05, 3.63) is 54.7 Å². The molecule has 182 valence electrons. The Labute approximate surface area is 205 Å². The summed E-state index contributed by atoms with van der Waals surface area (Å²) in [4.78, 5) is 27.9. The van der Waals surface area contributed by atoms with Crippen LogP contribution in [0.5, 0.6) is 5.75 Å². The van der Waals surface area contributed by atoms with Crippen molar-refractivity contribution in [2.45, 2.75) is 25.4 Å². The van der Waals surface area contributed by atoms with Crippen LogP contribution >= 0.6 is 0 Å². The van der Waals surface area contributed by atoms with Crippen LogP contribution in [0.15, 0.2) is 54.7 Å². The standard InChI is InChI=1S/C26H30N6O3/c1-30-24(34)12-15-32(18-6-4-3-5-7-18)22-17-27-26(29-25(22)30)28-21-9-8-19(16-23(21)35-2)31-13-10-20(33)11-14-31/h3-9,16-17,20,33H,10-15H2,1-2H3,(H,27,28,29).